The first-order valence-corrected chi connectivity index (χ1v) is 4.34. The fourth-order valence-electron chi connectivity index (χ4n) is 1.08. The third-order valence-electron chi connectivity index (χ3n) is 2.08. The number of nitrogens with zero attached hydrogens (tertiary/aromatic N) is 1. The molecule has 1 aromatic rings. The minimum absolute atomic E-state index is 0.00767. The molecular formula is C9H15N3O2. The Morgan fingerprint density at radius 1 is 1.50 bits per heavy atom. The Labute approximate surface area is 82.4 Å². The van der Waals surface area contributed by atoms with E-state index in [1.54, 1.807) is 6.07 Å². The lowest BCUT2D eigenvalue weighted by atomic mass is 10.1. The van der Waals surface area contributed by atoms with Crippen molar-refractivity contribution in [3.05, 3.63) is 23.5 Å². The van der Waals surface area contributed by atoms with Crippen LogP contribution in [0, 0.1) is 6.92 Å². The molecule has 0 saturated heterocycles. The van der Waals surface area contributed by atoms with Gasteiger partial charge in [-0.25, -0.2) is 0 Å². The molecule has 0 spiro atoms. The molecule has 0 radical (unpaired) electrons. The van der Waals surface area contributed by atoms with Crippen LogP contribution in [-0.2, 0) is 0 Å². The number of aromatic nitrogens is 1. The Morgan fingerprint density at radius 2 is 2.14 bits per heavy atom. The van der Waals surface area contributed by atoms with Crippen LogP contribution < -0.4 is 11.5 Å². The number of anilines is 1. The van der Waals surface area contributed by atoms with Crippen LogP contribution in [0.25, 0.3) is 0 Å². The molecule has 0 fully saturated rings. The van der Waals surface area contributed by atoms with Gasteiger partial charge in [0.15, 0.2) is 0 Å². The molecule has 1 rings (SSSR count). The average molecular weight is 197 g/mol. The molecule has 2 unspecified atom stereocenters. The van der Waals surface area contributed by atoms with Crippen molar-refractivity contribution in [3.8, 4) is 0 Å². The SMILES string of the molecule is Cc1cc(C(O)C(O)CN)ncc1N. The number of nitrogen functional groups attached to an aromatic ring is 1. The number of aliphatic hydroxyl groups excluding tert-OH is 2. The lowest BCUT2D eigenvalue weighted by Crippen LogP contribution is -2.27. The van der Waals surface area contributed by atoms with Crippen LogP contribution in [0.3, 0.4) is 0 Å². The highest BCUT2D eigenvalue weighted by Crippen LogP contribution is 2.17. The van der Waals surface area contributed by atoms with E-state index in [1.165, 1.54) is 6.20 Å². The van der Waals surface area contributed by atoms with E-state index in [2.05, 4.69) is 4.98 Å². The summed E-state index contributed by atoms with van der Waals surface area (Å²) in [5, 5.41) is 18.9. The second-order valence-corrected chi connectivity index (χ2v) is 3.21. The highest BCUT2D eigenvalue weighted by molar-refractivity contribution is 5.44. The van der Waals surface area contributed by atoms with Crippen LogP contribution in [0.1, 0.15) is 17.4 Å². The number of aryl methyl sites for hydroxylation is 1. The van der Waals surface area contributed by atoms with E-state index in [9.17, 15) is 10.2 Å². The van der Waals surface area contributed by atoms with E-state index in [0.717, 1.165) is 5.56 Å². The predicted molar refractivity (Wildman–Crippen MR) is 53.4 cm³/mol. The lowest BCUT2D eigenvalue weighted by Gasteiger charge is -2.16. The first kappa shape index (κ1) is 10.9. The first-order valence-electron chi connectivity index (χ1n) is 4.34. The molecule has 0 aliphatic carbocycles. The maximum Gasteiger partial charge on any atom is 0.123 e. The van der Waals surface area contributed by atoms with E-state index in [4.69, 9.17) is 11.5 Å². The molecule has 78 valence electrons. The summed E-state index contributed by atoms with van der Waals surface area (Å²) < 4.78 is 0. The van der Waals surface area contributed by atoms with Crippen molar-refractivity contribution in [1.82, 2.24) is 4.98 Å². The second-order valence-electron chi connectivity index (χ2n) is 3.21. The van der Waals surface area contributed by atoms with Crippen molar-refractivity contribution in [2.24, 2.45) is 5.73 Å². The number of nitrogens with two attached hydrogens (primary N) is 2. The fraction of sp³-hybridized carbons (Fsp3) is 0.444. The monoisotopic (exact) mass is 197 g/mol. The van der Waals surface area contributed by atoms with Gasteiger partial charge >= 0.3 is 0 Å². The van der Waals surface area contributed by atoms with Crippen LogP contribution >= 0.6 is 0 Å². The largest absolute Gasteiger partial charge is 0.397 e. The van der Waals surface area contributed by atoms with E-state index in [0.29, 0.717) is 11.4 Å². The molecule has 0 aliphatic heterocycles. The molecule has 2 atom stereocenters. The van der Waals surface area contributed by atoms with Gasteiger partial charge in [-0.15, -0.1) is 0 Å². The number of aliphatic hydroxyl groups is 2. The van der Waals surface area contributed by atoms with Crippen molar-refractivity contribution in [2.75, 3.05) is 12.3 Å². The molecule has 1 aromatic heterocycles. The third kappa shape index (κ3) is 2.20. The molecule has 0 saturated carbocycles. The molecule has 0 bridgehead atoms. The Kier molecular flexibility index (Phi) is 3.40. The Bertz CT molecular complexity index is 317. The normalized spacial score (nSPS) is 15.1. The number of pyridine rings is 1. The summed E-state index contributed by atoms with van der Waals surface area (Å²) in [5.41, 5.74) is 12.5. The van der Waals surface area contributed by atoms with Crippen LogP contribution in [0.4, 0.5) is 5.69 Å². The zero-order valence-corrected chi connectivity index (χ0v) is 8.01. The molecule has 0 aromatic carbocycles. The minimum atomic E-state index is -1.06. The summed E-state index contributed by atoms with van der Waals surface area (Å²) in [6.07, 6.45) is -0.596. The molecule has 0 aliphatic rings. The molecule has 14 heavy (non-hydrogen) atoms. The molecule has 5 heteroatoms. The van der Waals surface area contributed by atoms with Gasteiger partial charge in [-0.3, -0.25) is 4.98 Å². The van der Waals surface area contributed by atoms with Gasteiger partial charge in [-0.1, -0.05) is 0 Å². The van der Waals surface area contributed by atoms with E-state index < -0.39 is 12.2 Å². The van der Waals surface area contributed by atoms with Crippen molar-refractivity contribution < 1.29 is 10.2 Å². The molecule has 5 nitrogen and oxygen atoms in total. The van der Waals surface area contributed by atoms with Crippen LogP contribution in [0.5, 0.6) is 0 Å². The quantitative estimate of drug-likeness (QED) is 0.514. The summed E-state index contributed by atoms with van der Waals surface area (Å²) in [4.78, 5) is 3.92. The number of hydrogen-bond donors (Lipinski definition) is 4. The standard InChI is InChI=1S/C9H15N3O2/c1-5-2-7(12-4-6(5)11)9(14)8(13)3-10/h2,4,8-9,13-14H,3,10-11H2,1H3. The highest BCUT2D eigenvalue weighted by Gasteiger charge is 2.18. The Balaban J connectivity index is 2.91. The smallest absolute Gasteiger partial charge is 0.123 e. The Morgan fingerprint density at radius 3 is 2.64 bits per heavy atom. The summed E-state index contributed by atoms with van der Waals surface area (Å²) in [6.45, 7) is 1.80. The third-order valence-corrected chi connectivity index (χ3v) is 2.08. The number of hydrogen-bond acceptors (Lipinski definition) is 5. The van der Waals surface area contributed by atoms with Gasteiger partial charge in [0.1, 0.15) is 6.10 Å². The predicted octanol–water partition coefficient (Wildman–Crippen LogP) is -0.675. The average Bonchev–Trinajstić information content (AvgIpc) is 2.20. The summed E-state index contributed by atoms with van der Waals surface area (Å²) in [7, 11) is 0. The van der Waals surface area contributed by atoms with Gasteiger partial charge < -0.3 is 21.7 Å². The van der Waals surface area contributed by atoms with Gasteiger partial charge in [0.2, 0.25) is 0 Å². The molecule has 0 amide bonds. The van der Waals surface area contributed by atoms with Crippen LogP contribution in [0.15, 0.2) is 12.3 Å². The van der Waals surface area contributed by atoms with Crippen molar-refractivity contribution in [3.63, 3.8) is 0 Å². The Hall–Kier alpha value is -1.17. The fourth-order valence-corrected chi connectivity index (χ4v) is 1.08. The van der Waals surface area contributed by atoms with Gasteiger partial charge in [-0.05, 0) is 18.6 Å². The highest BCUT2D eigenvalue weighted by atomic mass is 16.3. The topological polar surface area (TPSA) is 105 Å². The van der Waals surface area contributed by atoms with Crippen molar-refractivity contribution >= 4 is 5.69 Å². The maximum atomic E-state index is 9.57. The summed E-state index contributed by atoms with van der Waals surface area (Å²) in [6, 6.07) is 1.64. The van der Waals surface area contributed by atoms with Gasteiger partial charge in [-0.2, -0.15) is 0 Å². The maximum absolute atomic E-state index is 9.57. The van der Waals surface area contributed by atoms with Crippen LogP contribution in [-0.4, -0.2) is 27.8 Å². The second kappa shape index (κ2) is 4.36. The van der Waals surface area contributed by atoms with Crippen molar-refractivity contribution in [2.45, 2.75) is 19.1 Å². The molecule has 1 heterocycles. The van der Waals surface area contributed by atoms with Gasteiger partial charge in [0.25, 0.3) is 0 Å². The van der Waals surface area contributed by atoms with E-state index >= 15 is 0 Å². The van der Waals surface area contributed by atoms with E-state index in [1.807, 2.05) is 6.92 Å². The molecule has 6 N–H and O–H groups in total. The van der Waals surface area contributed by atoms with Gasteiger partial charge in [0, 0.05) is 6.54 Å². The number of rotatable bonds is 3. The molecular weight excluding hydrogens is 182 g/mol. The summed E-state index contributed by atoms with van der Waals surface area (Å²) in [5.74, 6) is 0. The minimum Gasteiger partial charge on any atom is -0.397 e. The van der Waals surface area contributed by atoms with Crippen molar-refractivity contribution in [1.29, 1.82) is 0 Å². The van der Waals surface area contributed by atoms with Gasteiger partial charge in [0.05, 0.1) is 23.7 Å². The lowest BCUT2D eigenvalue weighted by molar-refractivity contribution is 0.0217. The zero-order valence-electron chi connectivity index (χ0n) is 8.01. The zero-order chi connectivity index (χ0) is 10.7. The van der Waals surface area contributed by atoms with Crippen LogP contribution in [0.2, 0.25) is 0 Å². The summed E-state index contributed by atoms with van der Waals surface area (Å²) >= 11 is 0. The first-order chi connectivity index (χ1) is 6.56. The van der Waals surface area contributed by atoms with E-state index in [-0.39, 0.29) is 6.54 Å².